The molecule has 0 spiro atoms. The van der Waals surface area contributed by atoms with Gasteiger partial charge in [0.2, 0.25) is 0 Å². The van der Waals surface area contributed by atoms with Crippen molar-refractivity contribution in [3.8, 4) is 11.1 Å². The zero-order chi connectivity index (χ0) is 21.4. The molecule has 1 saturated heterocycles. The monoisotopic (exact) mass is 433 g/mol. The lowest BCUT2D eigenvalue weighted by Gasteiger charge is -2.33. The Labute approximate surface area is 186 Å². The van der Waals surface area contributed by atoms with Crippen LogP contribution in [0.4, 0.5) is 5.82 Å². The van der Waals surface area contributed by atoms with Gasteiger partial charge in [-0.15, -0.1) is 21.5 Å². The number of thiophene rings is 1. The molecule has 7 nitrogen and oxygen atoms in total. The van der Waals surface area contributed by atoms with Gasteiger partial charge in [0, 0.05) is 37.0 Å². The first-order chi connectivity index (χ1) is 15.1. The second-order valence-corrected chi connectivity index (χ2v) is 9.34. The molecule has 1 fully saturated rings. The van der Waals surface area contributed by atoms with Crippen molar-refractivity contribution in [2.24, 2.45) is 7.05 Å². The van der Waals surface area contributed by atoms with Crippen LogP contribution in [0.1, 0.15) is 30.4 Å². The van der Waals surface area contributed by atoms with Crippen LogP contribution in [0.2, 0.25) is 0 Å². The topological polar surface area (TPSA) is 63.0 Å². The van der Waals surface area contributed by atoms with Crippen molar-refractivity contribution in [3.63, 3.8) is 0 Å². The minimum Gasteiger partial charge on any atom is -0.355 e. The van der Waals surface area contributed by atoms with E-state index in [1.54, 1.807) is 17.7 Å². The third kappa shape index (κ3) is 3.93. The van der Waals surface area contributed by atoms with Crippen LogP contribution >= 0.6 is 11.3 Å². The van der Waals surface area contributed by atoms with Crippen molar-refractivity contribution in [2.75, 3.05) is 32.1 Å². The Morgan fingerprint density at radius 3 is 2.74 bits per heavy atom. The maximum Gasteiger partial charge on any atom is 0.146 e. The Morgan fingerprint density at radius 2 is 2.00 bits per heavy atom. The number of nitrogens with zero attached hydrogens (tertiary/aromatic N) is 7. The largest absolute Gasteiger partial charge is 0.355 e. The fourth-order valence-corrected chi connectivity index (χ4v) is 5.38. The molecule has 1 aliphatic rings. The molecule has 3 aromatic heterocycles. The summed E-state index contributed by atoms with van der Waals surface area (Å²) in [5.74, 6) is 3.32. The Kier molecular flexibility index (Phi) is 5.41. The average Bonchev–Trinajstić information content (AvgIpc) is 3.39. The number of aromatic nitrogens is 5. The quantitative estimate of drug-likeness (QED) is 0.475. The molecule has 5 rings (SSSR count). The highest BCUT2D eigenvalue weighted by Crippen LogP contribution is 2.40. The standard InChI is InChI=1S/C23H27N7S/c1-28(2)13-19-25-22(30-11-7-10-17(12-30)21-27-24-15-29(21)3)20-18(14-31-23(20)26-19)16-8-5-4-6-9-16/h4-6,8-9,14-15,17H,7,10-13H2,1-3H3. The number of rotatable bonds is 5. The Bertz CT molecular complexity index is 1180. The second-order valence-electron chi connectivity index (χ2n) is 8.48. The fourth-order valence-electron chi connectivity index (χ4n) is 4.42. The molecule has 1 aliphatic heterocycles. The van der Waals surface area contributed by atoms with Gasteiger partial charge in [-0.2, -0.15) is 0 Å². The molecule has 8 heteroatoms. The molecule has 31 heavy (non-hydrogen) atoms. The van der Waals surface area contributed by atoms with Gasteiger partial charge in [-0.25, -0.2) is 9.97 Å². The molecule has 0 saturated carbocycles. The summed E-state index contributed by atoms with van der Waals surface area (Å²) in [6.07, 6.45) is 4.02. The highest BCUT2D eigenvalue weighted by atomic mass is 32.1. The third-order valence-electron chi connectivity index (χ3n) is 5.84. The van der Waals surface area contributed by atoms with Gasteiger partial charge in [0.25, 0.3) is 0 Å². The molecule has 0 radical (unpaired) electrons. The van der Waals surface area contributed by atoms with Crippen molar-refractivity contribution in [1.29, 1.82) is 0 Å². The van der Waals surface area contributed by atoms with Crippen molar-refractivity contribution in [3.05, 3.63) is 53.7 Å². The van der Waals surface area contributed by atoms with Gasteiger partial charge in [0.1, 0.15) is 28.6 Å². The van der Waals surface area contributed by atoms with Crippen LogP contribution in [-0.2, 0) is 13.6 Å². The number of fused-ring (bicyclic) bond motifs is 1. The molecule has 1 aromatic carbocycles. The molecule has 0 bridgehead atoms. The summed E-state index contributed by atoms with van der Waals surface area (Å²) in [6, 6.07) is 10.6. The van der Waals surface area contributed by atoms with Crippen LogP contribution in [-0.4, -0.2) is 56.8 Å². The number of hydrogen-bond donors (Lipinski definition) is 0. The van der Waals surface area contributed by atoms with Crippen molar-refractivity contribution in [1.82, 2.24) is 29.6 Å². The fraction of sp³-hybridized carbons (Fsp3) is 0.391. The lowest BCUT2D eigenvalue weighted by atomic mass is 9.96. The van der Waals surface area contributed by atoms with E-state index in [4.69, 9.17) is 9.97 Å². The molecular weight excluding hydrogens is 406 g/mol. The van der Waals surface area contributed by atoms with E-state index in [0.717, 1.165) is 60.2 Å². The Balaban J connectivity index is 1.61. The number of hydrogen-bond acceptors (Lipinski definition) is 7. The first kappa shape index (κ1) is 20.1. The van der Waals surface area contributed by atoms with E-state index in [9.17, 15) is 0 Å². The first-order valence-corrected chi connectivity index (χ1v) is 11.5. The predicted molar refractivity (Wildman–Crippen MR) is 125 cm³/mol. The summed E-state index contributed by atoms with van der Waals surface area (Å²) < 4.78 is 2.04. The van der Waals surface area contributed by atoms with Crippen molar-refractivity contribution in [2.45, 2.75) is 25.3 Å². The van der Waals surface area contributed by atoms with Gasteiger partial charge < -0.3 is 14.4 Å². The van der Waals surface area contributed by atoms with Gasteiger partial charge in [-0.3, -0.25) is 0 Å². The summed E-state index contributed by atoms with van der Waals surface area (Å²) in [5, 5.41) is 11.9. The Morgan fingerprint density at radius 1 is 1.16 bits per heavy atom. The van der Waals surface area contributed by atoms with Crippen LogP contribution < -0.4 is 4.90 Å². The lowest BCUT2D eigenvalue weighted by molar-refractivity contribution is 0.390. The zero-order valence-electron chi connectivity index (χ0n) is 18.2. The van der Waals surface area contributed by atoms with E-state index in [0.29, 0.717) is 5.92 Å². The number of piperidine rings is 1. The molecule has 4 aromatic rings. The molecule has 160 valence electrons. The number of aryl methyl sites for hydroxylation is 1. The predicted octanol–water partition coefficient (Wildman–Crippen LogP) is 3.93. The van der Waals surface area contributed by atoms with Crippen LogP contribution in [0.25, 0.3) is 21.3 Å². The molecule has 0 amide bonds. The van der Waals surface area contributed by atoms with E-state index in [1.165, 1.54) is 11.1 Å². The van der Waals surface area contributed by atoms with E-state index in [-0.39, 0.29) is 0 Å². The summed E-state index contributed by atoms with van der Waals surface area (Å²) in [5.41, 5.74) is 2.42. The zero-order valence-corrected chi connectivity index (χ0v) is 19.0. The van der Waals surface area contributed by atoms with E-state index in [2.05, 4.69) is 69.8 Å². The maximum atomic E-state index is 5.10. The molecular formula is C23H27N7S. The smallest absolute Gasteiger partial charge is 0.146 e. The van der Waals surface area contributed by atoms with Crippen LogP contribution in [0.3, 0.4) is 0 Å². The van der Waals surface area contributed by atoms with Gasteiger partial charge in [0.15, 0.2) is 0 Å². The summed E-state index contributed by atoms with van der Waals surface area (Å²) >= 11 is 1.71. The van der Waals surface area contributed by atoms with E-state index in [1.807, 2.05) is 11.6 Å². The summed E-state index contributed by atoms with van der Waals surface area (Å²) in [7, 11) is 6.14. The van der Waals surface area contributed by atoms with Crippen molar-refractivity contribution < 1.29 is 0 Å². The second kappa shape index (κ2) is 8.36. The summed E-state index contributed by atoms with van der Waals surface area (Å²) in [6.45, 7) is 2.61. The van der Waals surface area contributed by atoms with Crippen LogP contribution in [0, 0.1) is 0 Å². The normalized spacial score (nSPS) is 17.0. The van der Waals surface area contributed by atoms with E-state index >= 15 is 0 Å². The maximum absolute atomic E-state index is 5.10. The highest BCUT2D eigenvalue weighted by molar-refractivity contribution is 7.17. The van der Waals surface area contributed by atoms with E-state index < -0.39 is 0 Å². The number of benzene rings is 1. The molecule has 1 atom stereocenters. The van der Waals surface area contributed by atoms with Gasteiger partial charge >= 0.3 is 0 Å². The van der Waals surface area contributed by atoms with Crippen molar-refractivity contribution >= 4 is 27.4 Å². The SMILES string of the molecule is CN(C)Cc1nc(N2CCCC(c3nncn3C)C2)c2c(-c3ccccc3)csc2n1. The van der Waals surface area contributed by atoms with Crippen LogP contribution in [0.15, 0.2) is 42.0 Å². The van der Waals surface area contributed by atoms with Crippen LogP contribution in [0.5, 0.6) is 0 Å². The lowest BCUT2D eigenvalue weighted by Crippen LogP contribution is -2.36. The molecule has 0 N–H and O–H groups in total. The van der Waals surface area contributed by atoms with Gasteiger partial charge in [0.05, 0.1) is 11.9 Å². The Hall–Kier alpha value is -2.84. The third-order valence-corrected chi connectivity index (χ3v) is 6.71. The average molecular weight is 434 g/mol. The molecule has 4 heterocycles. The minimum absolute atomic E-state index is 0.349. The minimum atomic E-state index is 0.349. The molecule has 0 aliphatic carbocycles. The number of anilines is 1. The first-order valence-electron chi connectivity index (χ1n) is 10.7. The molecule has 1 unspecified atom stereocenters. The van der Waals surface area contributed by atoms with Gasteiger partial charge in [-0.1, -0.05) is 30.3 Å². The summed E-state index contributed by atoms with van der Waals surface area (Å²) in [4.78, 5) is 15.6. The van der Waals surface area contributed by atoms with Gasteiger partial charge in [-0.05, 0) is 32.5 Å². The highest BCUT2D eigenvalue weighted by Gasteiger charge is 2.28.